The minimum atomic E-state index is -0.313. The summed E-state index contributed by atoms with van der Waals surface area (Å²) in [5.74, 6) is 3.75. The van der Waals surface area contributed by atoms with Crippen LogP contribution in [0.15, 0.2) is 93.0 Å². The lowest BCUT2D eigenvalue weighted by Gasteiger charge is -2.34. The molecule has 57 heavy (non-hydrogen) atoms. The van der Waals surface area contributed by atoms with E-state index in [2.05, 4.69) is 141 Å². The maximum Gasteiger partial charge on any atom is 0.171 e. The zero-order valence-electron chi connectivity index (χ0n) is 39.5. The monoisotopic (exact) mass is 807 g/mol. The maximum absolute atomic E-state index is 6.22. The molecule has 0 amide bonds. The molecular weight excluding hydrogens is 717 g/mol. The van der Waals surface area contributed by atoms with Gasteiger partial charge in [0.05, 0.1) is 18.0 Å². The van der Waals surface area contributed by atoms with E-state index in [0.29, 0.717) is 28.9 Å². The van der Waals surface area contributed by atoms with Gasteiger partial charge in [-0.05, 0) is 94.1 Å². The number of hydrogen-bond acceptors (Lipinski definition) is 7. The van der Waals surface area contributed by atoms with Gasteiger partial charge in [0.2, 0.25) is 0 Å². The maximum atomic E-state index is 6.22. The van der Waals surface area contributed by atoms with E-state index in [1.165, 1.54) is 61.8 Å². The van der Waals surface area contributed by atoms with Crippen molar-refractivity contribution in [2.24, 2.45) is 57.0 Å². The Morgan fingerprint density at radius 1 is 0.965 bits per heavy atom. The van der Waals surface area contributed by atoms with Crippen molar-refractivity contribution >= 4 is 24.1 Å². The lowest BCUT2D eigenvalue weighted by atomic mass is 9.74. The number of hydrogen-bond donors (Lipinski definition) is 4. The van der Waals surface area contributed by atoms with Crippen molar-refractivity contribution < 1.29 is 0 Å². The molecule has 5 rings (SSSR count). The van der Waals surface area contributed by atoms with Crippen molar-refractivity contribution in [3.05, 3.63) is 83.0 Å². The molecule has 1 fully saturated rings. The number of allylic oxidation sites excluding steroid dienone is 11. The Bertz CT molecular complexity index is 1390. The summed E-state index contributed by atoms with van der Waals surface area (Å²) in [4.78, 5) is 11.5. The number of aliphatic imine (C=N–C) groups is 2. The predicted octanol–water partition coefficient (Wildman–Crippen LogP) is 13.3. The Hall–Kier alpha value is -2.77. The third-order valence-corrected chi connectivity index (χ3v) is 10.9. The van der Waals surface area contributed by atoms with Gasteiger partial charge in [-0.15, -0.1) is 0 Å². The number of nitrogens with one attached hydrogen (secondary N) is 1. The summed E-state index contributed by atoms with van der Waals surface area (Å²) in [7, 11) is 2.12. The predicted molar refractivity (Wildman–Crippen MR) is 261 cm³/mol. The van der Waals surface area contributed by atoms with E-state index in [-0.39, 0.29) is 6.29 Å². The summed E-state index contributed by atoms with van der Waals surface area (Å²) >= 11 is 4.22. The minimum absolute atomic E-state index is 0.313. The van der Waals surface area contributed by atoms with Crippen LogP contribution in [0.4, 0.5) is 0 Å². The number of nitrogens with zero attached hydrogens (tertiary/aromatic N) is 3. The molecule has 0 spiro atoms. The van der Waals surface area contributed by atoms with Crippen molar-refractivity contribution in [3.8, 4) is 0 Å². The lowest BCUT2D eigenvalue weighted by Crippen LogP contribution is -2.42. The zero-order chi connectivity index (χ0) is 43.5. The molecule has 326 valence electrons. The van der Waals surface area contributed by atoms with Crippen LogP contribution in [0.25, 0.3) is 0 Å². The van der Waals surface area contributed by atoms with Crippen LogP contribution in [0.5, 0.6) is 0 Å². The molecule has 0 aromatic rings. The van der Waals surface area contributed by atoms with Crippen LogP contribution in [-0.2, 0) is 0 Å². The Morgan fingerprint density at radius 2 is 1.61 bits per heavy atom. The second kappa shape index (κ2) is 31.2. The molecule has 6 unspecified atom stereocenters. The van der Waals surface area contributed by atoms with Crippen LogP contribution >= 0.6 is 12.6 Å². The molecule has 0 radical (unpaired) electrons. The molecule has 0 bridgehead atoms. The zero-order valence-corrected chi connectivity index (χ0v) is 40.4. The second-order valence-corrected chi connectivity index (χ2v) is 17.3. The van der Waals surface area contributed by atoms with E-state index in [1.807, 2.05) is 46.0 Å². The van der Waals surface area contributed by atoms with Gasteiger partial charge in [-0.2, -0.15) is 12.6 Å². The van der Waals surface area contributed by atoms with Gasteiger partial charge in [0, 0.05) is 41.5 Å². The van der Waals surface area contributed by atoms with Crippen molar-refractivity contribution in [2.45, 2.75) is 173 Å². The molecule has 0 aromatic heterocycles. The van der Waals surface area contributed by atoms with E-state index >= 15 is 0 Å². The van der Waals surface area contributed by atoms with E-state index in [4.69, 9.17) is 16.5 Å². The summed E-state index contributed by atoms with van der Waals surface area (Å²) in [6, 6.07) is 0. The first kappa shape index (κ1) is 54.2. The van der Waals surface area contributed by atoms with Crippen LogP contribution in [0, 0.1) is 35.5 Å². The molecular formula is C50H90N6S. The Kier molecular flexibility index (Phi) is 29.7. The SMILES string of the molecule is C1CC1.CC.CC.CC1=CC=CC(CC(C)C)C1C1=NC(N)NC(C)=C1C.CCC1=CC(=N/C=C(\N)CC(C)C(CC)CCC(C)C)CN1C.SC1C=CC=CC1. The molecule has 0 aromatic carbocycles. The van der Waals surface area contributed by atoms with Crippen LogP contribution in [0.2, 0.25) is 0 Å². The normalized spacial score (nSPS) is 23.8. The molecule has 2 aliphatic heterocycles. The van der Waals surface area contributed by atoms with E-state index in [9.17, 15) is 0 Å². The fourth-order valence-corrected chi connectivity index (χ4v) is 7.32. The van der Waals surface area contributed by atoms with Crippen molar-refractivity contribution in [2.75, 3.05) is 13.6 Å². The second-order valence-electron chi connectivity index (χ2n) is 16.6. The molecule has 5 aliphatic rings. The highest BCUT2D eigenvalue weighted by Gasteiger charge is 2.31. The molecule has 2 heterocycles. The highest BCUT2D eigenvalue weighted by molar-refractivity contribution is 7.81. The molecule has 6 atom stereocenters. The van der Waals surface area contributed by atoms with Crippen LogP contribution in [0.1, 0.15) is 161 Å². The van der Waals surface area contributed by atoms with Gasteiger partial charge in [0.25, 0.3) is 0 Å². The summed E-state index contributed by atoms with van der Waals surface area (Å²) in [6.07, 6.45) is 31.4. The molecule has 6 nitrogen and oxygen atoms in total. The fourth-order valence-electron chi connectivity index (χ4n) is 7.10. The highest BCUT2D eigenvalue weighted by atomic mass is 32.1. The average molecular weight is 807 g/mol. The quantitative estimate of drug-likeness (QED) is 0.148. The van der Waals surface area contributed by atoms with Gasteiger partial charge in [0.1, 0.15) is 0 Å². The van der Waals surface area contributed by atoms with Crippen LogP contribution in [-0.4, -0.2) is 41.5 Å². The third kappa shape index (κ3) is 22.8. The first-order valence-electron chi connectivity index (χ1n) is 22.7. The number of nitrogens with two attached hydrogens (primary N) is 2. The Labute approximate surface area is 359 Å². The van der Waals surface area contributed by atoms with Crippen molar-refractivity contribution in [1.82, 2.24) is 10.2 Å². The van der Waals surface area contributed by atoms with Crippen molar-refractivity contribution in [3.63, 3.8) is 0 Å². The summed E-state index contributed by atoms with van der Waals surface area (Å²) in [5, 5.41) is 3.66. The molecule has 3 aliphatic carbocycles. The van der Waals surface area contributed by atoms with E-state index in [1.54, 1.807) is 0 Å². The topological polar surface area (TPSA) is 92.0 Å². The first-order valence-corrected chi connectivity index (χ1v) is 23.2. The van der Waals surface area contributed by atoms with Gasteiger partial charge < -0.3 is 16.0 Å². The van der Waals surface area contributed by atoms with Gasteiger partial charge in [-0.3, -0.25) is 10.7 Å². The molecule has 5 N–H and O–H groups in total. The van der Waals surface area contributed by atoms with Gasteiger partial charge >= 0.3 is 0 Å². The largest absolute Gasteiger partial charge is 0.401 e. The van der Waals surface area contributed by atoms with Gasteiger partial charge in [-0.1, -0.05) is 156 Å². The minimum Gasteiger partial charge on any atom is -0.401 e. The standard InChI is InChI=1S/C20H37N3.C17H27N3.C6H8S.C3H6.2C2H6/c1-7-17(10-9-15(3)4)16(5)11-18(21)13-22-19-12-20(8-2)23(6)14-19;1-10(2)9-14-8-6-7-11(3)15(14)16-12(4)13(5)19-17(18)20-16;7-6-4-2-1-3-5-6;1-2-3-1;2*1-2/h12-13,15-17H,7-11,14,21H2,1-6H3;6-8,10,14-15,17,19H,9,18H2,1-5H3;1-4,6-7H,5H2;1-3H2;2*1-2H3/b18-13-,22-19?;;;;;. The molecule has 0 saturated heterocycles. The number of rotatable bonds is 12. The Morgan fingerprint density at radius 3 is 2.09 bits per heavy atom. The summed E-state index contributed by atoms with van der Waals surface area (Å²) in [5.41, 5.74) is 20.6. The lowest BCUT2D eigenvalue weighted by molar-refractivity contribution is 0.301. The molecule has 7 heteroatoms. The van der Waals surface area contributed by atoms with Gasteiger partial charge in [-0.25, -0.2) is 4.99 Å². The first-order chi connectivity index (χ1) is 27.2. The van der Waals surface area contributed by atoms with Crippen molar-refractivity contribution in [1.29, 1.82) is 0 Å². The smallest absolute Gasteiger partial charge is 0.171 e. The molecule has 1 saturated carbocycles. The summed E-state index contributed by atoms with van der Waals surface area (Å²) < 4.78 is 0. The van der Waals surface area contributed by atoms with Gasteiger partial charge in [0.15, 0.2) is 6.29 Å². The fraction of sp³-hybridized carbons (Fsp3) is 0.680. The highest BCUT2D eigenvalue weighted by Crippen LogP contribution is 2.35. The van der Waals surface area contributed by atoms with Crippen LogP contribution < -0.4 is 16.8 Å². The average Bonchev–Trinajstić information content (AvgIpc) is 4.03. The number of thiol groups is 1. The van der Waals surface area contributed by atoms with Crippen LogP contribution in [0.3, 0.4) is 0 Å². The Balaban J connectivity index is 0.000000827. The van der Waals surface area contributed by atoms with E-state index < -0.39 is 0 Å². The summed E-state index contributed by atoms with van der Waals surface area (Å²) in [6.45, 7) is 31.3. The third-order valence-electron chi connectivity index (χ3n) is 10.6. The van der Waals surface area contributed by atoms with E-state index in [0.717, 1.165) is 60.5 Å².